The van der Waals surface area contributed by atoms with Gasteiger partial charge in [0.1, 0.15) is 11.6 Å². The van der Waals surface area contributed by atoms with Crippen LogP contribution in [0.15, 0.2) is 30.5 Å². The molecule has 1 amide bonds. The number of carbonyl (C=O) groups is 1. The molecule has 1 aliphatic heterocycles. The topological polar surface area (TPSA) is 45.2 Å². The van der Waals surface area contributed by atoms with E-state index >= 15 is 0 Å². The zero-order valence-electron chi connectivity index (χ0n) is 14.3. The van der Waals surface area contributed by atoms with Gasteiger partial charge in [-0.25, -0.2) is 9.37 Å². The van der Waals surface area contributed by atoms with Crippen LogP contribution in [0.5, 0.6) is 0 Å². The first-order valence-corrected chi connectivity index (χ1v) is 8.56. The van der Waals surface area contributed by atoms with E-state index in [0.29, 0.717) is 24.7 Å². The van der Waals surface area contributed by atoms with Gasteiger partial charge in [-0.1, -0.05) is 17.7 Å². The normalized spacial score (nSPS) is 17.3. The minimum absolute atomic E-state index is 0.0983. The molecule has 2 heterocycles. The van der Waals surface area contributed by atoms with Crippen molar-refractivity contribution in [2.24, 2.45) is 0 Å². The van der Waals surface area contributed by atoms with Gasteiger partial charge < -0.3 is 10.2 Å². The Morgan fingerprint density at radius 3 is 2.70 bits per heavy atom. The van der Waals surface area contributed by atoms with Gasteiger partial charge in [-0.05, 0) is 35.7 Å². The molecule has 1 aliphatic rings. The maximum Gasteiger partial charge on any atom is 0.417 e. The molecule has 9 heteroatoms. The van der Waals surface area contributed by atoms with Gasteiger partial charge in [0.15, 0.2) is 0 Å². The Balaban J connectivity index is 1.92. The van der Waals surface area contributed by atoms with Crippen LogP contribution in [0.2, 0.25) is 5.02 Å². The summed E-state index contributed by atoms with van der Waals surface area (Å²) in [6, 6.07) is 4.68. The molecule has 0 saturated heterocycles. The van der Waals surface area contributed by atoms with Crippen LogP contribution >= 0.6 is 11.6 Å². The smallest absolute Gasteiger partial charge is 0.362 e. The van der Waals surface area contributed by atoms with Gasteiger partial charge >= 0.3 is 6.18 Å². The Labute approximate surface area is 158 Å². The third-order valence-corrected chi connectivity index (χ3v) is 4.74. The fraction of sp³-hybridized carbons (Fsp3) is 0.333. The van der Waals surface area contributed by atoms with Crippen molar-refractivity contribution >= 4 is 23.3 Å². The van der Waals surface area contributed by atoms with Crippen molar-refractivity contribution in [3.8, 4) is 0 Å². The lowest BCUT2D eigenvalue weighted by Crippen LogP contribution is -2.28. The van der Waals surface area contributed by atoms with E-state index in [9.17, 15) is 22.4 Å². The van der Waals surface area contributed by atoms with Gasteiger partial charge in [0, 0.05) is 26.2 Å². The molecule has 1 aromatic carbocycles. The van der Waals surface area contributed by atoms with Crippen molar-refractivity contribution in [3.05, 3.63) is 58.0 Å². The first-order valence-electron chi connectivity index (χ1n) is 8.18. The Bertz CT molecular complexity index is 872. The molecular weight excluding hydrogens is 386 g/mol. The summed E-state index contributed by atoms with van der Waals surface area (Å²) in [4.78, 5) is 17.2. The van der Waals surface area contributed by atoms with Gasteiger partial charge in [-0.15, -0.1) is 0 Å². The number of hydrogen-bond acceptors (Lipinski definition) is 3. The highest BCUT2D eigenvalue weighted by Gasteiger charge is 2.32. The van der Waals surface area contributed by atoms with E-state index in [1.54, 1.807) is 11.0 Å². The second kappa shape index (κ2) is 7.34. The van der Waals surface area contributed by atoms with Gasteiger partial charge in [-0.2, -0.15) is 13.2 Å². The summed E-state index contributed by atoms with van der Waals surface area (Å²) in [5.74, 6) is -0.471. The summed E-state index contributed by atoms with van der Waals surface area (Å²) in [6.45, 7) is 2.09. The number of rotatable bonds is 2. The second-order valence-electron chi connectivity index (χ2n) is 6.32. The summed E-state index contributed by atoms with van der Waals surface area (Å²) < 4.78 is 52.0. The van der Waals surface area contributed by atoms with Crippen LogP contribution in [0.4, 0.5) is 23.4 Å². The number of pyridine rings is 1. The van der Waals surface area contributed by atoms with Crippen LogP contribution in [0.1, 0.15) is 36.1 Å². The number of halogens is 5. The number of fused-ring (bicyclic) bond motifs is 1. The SMILES string of the molecule is CC(=O)N1CCC(Nc2ncc(C(F)(F)F)cc2Cl)c2ccc(F)cc2C1. The third-order valence-electron chi connectivity index (χ3n) is 4.45. The molecule has 4 nitrogen and oxygen atoms in total. The molecule has 1 N–H and O–H groups in total. The van der Waals surface area contributed by atoms with Crippen molar-refractivity contribution < 1.29 is 22.4 Å². The molecular formula is C18H16ClF4N3O. The summed E-state index contributed by atoms with van der Waals surface area (Å²) in [6.07, 6.45) is -3.36. The van der Waals surface area contributed by atoms with E-state index in [4.69, 9.17) is 11.6 Å². The molecule has 3 rings (SSSR count). The van der Waals surface area contributed by atoms with Gasteiger partial charge in [0.2, 0.25) is 5.91 Å². The number of amides is 1. The monoisotopic (exact) mass is 401 g/mol. The molecule has 0 saturated carbocycles. The predicted molar refractivity (Wildman–Crippen MR) is 92.7 cm³/mol. The van der Waals surface area contributed by atoms with Crippen LogP contribution in [-0.2, 0) is 17.5 Å². The maximum atomic E-state index is 13.7. The number of nitrogens with zero attached hydrogens (tertiary/aromatic N) is 2. The minimum Gasteiger partial charge on any atom is -0.362 e. The van der Waals surface area contributed by atoms with E-state index in [0.717, 1.165) is 11.6 Å². The van der Waals surface area contributed by atoms with Gasteiger partial charge in [0.05, 0.1) is 16.6 Å². The summed E-state index contributed by atoms with van der Waals surface area (Å²) in [7, 11) is 0. The standard InChI is InChI=1S/C18H16ClF4N3O/c1-10(27)26-5-4-16(14-3-2-13(20)6-11(14)9-26)25-17-15(19)7-12(8-24-17)18(21,22)23/h2-3,6-8,16H,4-5,9H2,1H3,(H,24,25). The number of anilines is 1. The van der Waals surface area contributed by atoms with Crippen molar-refractivity contribution in [3.63, 3.8) is 0 Å². The highest BCUT2D eigenvalue weighted by Crippen LogP contribution is 2.35. The van der Waals surface area contributed by atoms with Crippen LogP contribution in [0.25, 0.3) is 0 Å². The van der Waals surface area contributed by atoms with Crippen molar-refractivity contribution in [2.45, 2.75) is 32.1 Å². The van der Waals surface area contributed by atoms with Crippen LogP contribution < -0.4 is 5.32 Å². The van der Waals surface area contributed by atoms with Gasteiger partial charge in [-0.3, -0.25) is 4.79 Å². The van der Waals surface area contributed by atoms with E-state index in [1.807, 2.05) is 0 Å². The number of hydrogen-bond donors (Lipinski definition) is 1. The van der Waals surface area contributed by atoms with Gasteiger partial charge in [0.25, 0.3) is 0 Å². The molecule has 0 fully saturated rings. The van der Waals surface area contributed by atoms with E-state index in [2.05, 4.69) is 10.3 Å². The maximum absolute atomic E-state index is 13.7. The fourth-order valence-corrected chi connectivity index (χ4v) is 3.28. The average Bonchev–Trinajstić information content (AvgIpc) is 2.75. The summed E-state index contributed by atoms with van der Waals surface area (Å²) in [5.41, 5.74) is 0.435. The lowest BCUT2D eigenvalue weighted by molar-refractivity contribution is -0.137. The largest absolute Gasteiger partial charge is 0.417 e. The predicted octanol–water partition coefficient (Wildman–Crippen LogP) is 4.80. The lowest BCUT2D eigenvalue weighted by Gasteiger charge is -2.21. The zero-order valence-corrected chi connectivity index (χ0v) is 15.0. The molecule has 144 valence electrons. The number of benzene rings is 1. The van der Waals surface area contributed by atoms with Crippen molar-refractivity contribution in [1.29, 1.82) is 0 Å². The minimum atomic E-state index is -4.54. The van der Waals surface area contributed by atoms with Crippen molar-refractivity contribution in [2.75, 3.05) is 11.9 Å². The van der Waals surface area contributed by atoms with E-state index in [1.165, 1.54) is 19.1 Å². The lowest BCUT2D eigenvalue weighted by atomic mass is 9.99. The van der Waals surface area contributed by atoms with Crippen molar-refractivity contribution in [1.82, 2.24) is 9.88 Å². The Kier molecular flexibility index (Phi) is 5.28. The Morgan fingerprint density at radius 2 is 2.07 bits per heavy atom. The number of aromatic nitrogens is 1. The molecule has 0 spiro atoms. The fourth-order valence-electron chi connectivity index (χ4n) is 3.06. The van der Waals surface area contributed by atoms with Crippen LogP contribution in [-0.4, -0.2) is 22.3 Å². The molecule has 1 unspecified atom stereocenters. The summed E-state index contributed by atoms with van der Waals surface area (Å²) >= 11 is 5.98. The van der Waals surface area contributed by atoms with E-state index < -0.39 is 17.6 Å². The number of alkyl halides is 3. The molecule has 2 aromatic rings. The van der Waals surface area contributed by atoms with Crippen LogP contribution in [0.3, 0.4) is 0 Å². The average molecular weight is 402 g/mol. The highest BCUT2D eigenvalue weighted by molar-refractivity contribution is 6.33. The molecule has 0 bridgehead atoms. The molecule has 0 radical (unpaired) electrons. The summed E-state index contributed by atoms with van der Waals surface area (Å²) in [5, 5.41) is 2.87. The molecule has 27 heavy (non-hydrogen) atoms. The van der Waals surface area contributed by atoms with Crippen LogP contribution in [0, 0.1) is 5.82 Å². The number of nitrogens with one attached hydrogen (secondary N) is 1. The molecule has 0 aliphatic carbocycles. The first kappa shape index (κ1) is 19.4. The second-order valence-corrected chi connectivity index (χ2v) is 6.73. The molecule has 1 aromatic heterocycles. The molecule has 1 atom stereocenters. The highest BCUT2D eigenvalue weighted by atomic mass is 35.5. The Hall–Kier alpha value is -2.35. The van der Waals surface area contributed by atoms with E-state index in [-0.39, 0.29) is 29.3 Å². The quantitative estimate of drug-likeness (QED) is 0.735. The third kappa shape index (κ3) is 4.32. The first-order chi connectivity index (χ1) is 12.6. The number of carbonyl (C=O) groups excluding carboxylic acids is 1. The zero-order chi connectivity index (χ0) is 19.8. The Morgan fingerprint density at radius 1 is 1.33 bits per heavy atom.